The highest BCUT2D eigenvalue weighted by molar-refractivity contribution is 5.81. The highest BCUT2D eigenvalue weighted by atomic mass is 16.5. The molecule has 2 aliphatic rings. The molecule has 2 fully saturated rings. The van der Waals surface area contributed by atoms with E-state index in [0.29, 0.717) is 12.1 Å². The Bertz CT molecular complexity index is 360. The lowest BCUT2D eigenvalue weighted by molar-refractivity contribution is -0.127. The summed E-state index contributed by atoms with van der Waals surface area (Å²) in [5.74, 6) is 0.178. The molecule has 0 radical (unpaired) electrons. The first-order valence-corrected chi connectivity index (χ1v) is 10.0. The Kier molecular flexibility index (Phi) is 8.50. The minimum atomic E-state index is -0.0313. The van der Waals surface area contributed by atoms with Gasteiger partial charge in [-0.1, -0.05) is 13.8 Å². The van der Waals surface area contributed by atoms with Crippen molar-refractivity contribution in [2.45, 2.75) is 77.5 Å². The van der Waals surface area contributed by atoms with Gasteiger partial charge in [-0.25, -0.2) is 0 Å². The van der Waals surface area contributed by atoms with Crippen molar-refractivity contribution in [2.75, 3.05) is 39.3 Å². The van der Waals surface area contributed by atoms with Gasteiger partial charge in [-0.2, -0.15) is 0 Å². The van der Waals surface area contributed by atoms with Crippen molar-refractivity contribution in [3.05, 3.63) is 0 Å². The molecule has 1 N–H and O–H groups in total. The maximum absolute atomic E-state index is 12.4. The zero-order valence-electron chi connectivity index (χ0n) is 15.9. The van der Waals surface area contributed by atoms with E-state index in [-0.39, 0.29) is 11.9 Å². The first kappa shape index (κ1) is 19.7. The number of rotatable bonds is 9. The molecule has 1 amide bonds. The Labute approximate surface area is 148 Å². The summed E-state index contributed by atoms with van der Waals surface area (Å²) < 4.78 is 6.06. The molecule has 0 aromatic rings. The zero-order valence-corrected chi connectivity index (χ0v) is 15.9. The lowest BCUT2D eigenvalue weighted by Crippen LogP contribution is -2.51. The maximum Gasteiger partial charge on any atom is 0.237 e. The predicted molar refractivity (Wildman–Crippen MR) is 98.2 cm³/mol. The summed E-state index contributed by atoms with van der Waals surface area (Å²) in [4.78, 5) is 17.2. The van der Waals surface area contributed by atoms with Gasteiger partial charge in [0.2, 0.25) is 5.91 Å². The van der Waals surface area contributed by atoms with Gasteiger partial charge in [0.1, 0.15) is 0 Å². The summed E-state index contributed by atoms with van der Waals surface area (Å²) in [5.41, 5.74) is 0. The highest BCUT2D eigenvalue weighted by Crippen LogP contribution is 2.17. The Morgan fingerprint density at radius 2 is 1.75 bits per heavy atom. The van der Waals surface area contributed by atoms with Gasteiger partial charge in [0.15, 0.2) is 0 Å². The zero-order chi connectivity index (χ0) is 17.4. The van der Waals surface area contributed by atoms with Crippen LogP contribution in [0.1, 0.15) is 59.3 Å². The molecule has 24 heavy (non-hydrogen) atoms. The summed E-state index contributed by atoms with van der Waals surface area (Å²) in [6.07, 6.45) is 7.15. The number of carbonyl (C=O) groups is 1. The van der Waals surface area contributed by atoms with Crippen LogP contribution >= 0.6 is 0 Å². The van der Waals surface area contributed by atoms with Crippen molar-refractivity contribution in [2.24, 2.45) is 0 Å². The second-order valence-electron chi connectivity index (χ2n) is 7.35. The smallest absolute Gasteiger partial charge is 0.237 e. The van der Waals surface area contributed by atoms with Crippen molar-refractivity contribution in [3.8, 4) is 0 Å². The second kappa shape index (κ2) is 10.4. The Morgan fingerprint density at radius 1 is 1.12 bits per heavy atom. The Balaban J connectivity index is 1.63. The molecule has 2 rings (SSSR count). The van der Waals surface area contributed by atoms with E-state index in [0.717, 1.165) is 51.9 Å². The summed E-state index contributed by atoms with van der Waals surface area (Å²) in [7, 11) is 0. The van der Waals surface area contributed by atoms with Gasteiger partial charge in [0.05, 0.1) is 18.8 Å². The minimum Gasteiger partial charge on any atom is -0.377 e. The molecule has 0 aliphatic carbocycles. The van der Waals surface area contributed by atoms with Crippen LogP contribution in [0.2, 0.25) is 0 Å². The molecule has 0 unspecified atom stereocenters. The van der Waals surface area contributed by atoms with Crippen molar-refractivity contribution >= 4 is 5.91 Å². The first-order chi connectivity index (χ1) is 11.6. The molecule has 140 valence electrons. The fourth-order valence-electron chi connectivity index (χ4n) is 3.76. The fraction of sp³-hybridized carbons (Fsp3) is 0.947. The predicted octanol–water partition coefficient (Wildman–Crippen LogP) is 2.26. The average molecular weight is 340 g/mol. The van der Waals surface area contributed by atoms with E-state index in [1.165, 1.54) is 25.9 Å². The molecular formula is C19H37N3O2. The first-order valence-electron chi connectivity index (χ1n) is 10.0. The van der Waals surface area contributed by atoms with Crippen molar-refractivity contribution in [1.82, 2.24) is 15.1 Å². The van der Waals surface area contributed by atoms with E-state index in [1.54, 1.807) is 0 Å². The number of nitrogens with one attached hydrogen (secondary N) is 1. The molecule has 2 saturated heterocycles. The van der Waals surface area contributed by atoms with Crippen LogP contribution in [0.3, 0.4) is 0 Å². The van der Waals surface area contributed by atoms with Crippen LogP contribution in [0.4, 0.5) is 0 Å². The average Bonchev–Trinajstić information content (AvgIpc) is 3.13. The fourth-order valence-corrected chi connectivity index (χ4v) is 3.76. The number of amides is 1. The van der Waals surface area contributed by atoms with Crippen LogP contribution in [0.15, 0.2) is 0 Å². The molecule has 2 aliphatic heterocycles. The monoisotopic (exact) mass is 339 g/mol. The lowest BCUT2D eigenvalue weighted by atomic mass is 10.1. The molecule has 5 heteroatoms. The lowest BCUT2D eigenvalue weighted by Gasteiger charge is -2.35. The molecule has 2 heterocycles. The van der Waals surface area contributed by atoms with E-state index in [2.05, 4.69) is 29.0 Å². The topological polar surface area (TPSA) is 44.8 Å². The van der Waals surface area contributed by atoms with E-state index in [9.17, 15) is 4.79 Å². The van der Waals surface area contributed by atoms with Crippen molar-refractivity contribution in [1.29, 1.82) is 0 Å². The summed E-state index contributed by atoms with van der Waals surface area (Å²) >= 11 is 0. The minimum absolute atomic E-state index is 0.0313. The van der Waals surface area contributed by atoms with Gasteiger partial charge in [0.25, 0.3) is 0 Å². The van der Waals surface area contributed by atoms with Crippen LogP contribution in [0, 0.1) is 0 Å². The normalized spacial score (nSPS) is 22.2. The molecule has 0 aromatic heterocycles. The number of hydrogen-bond donors (Lipinski definition) is 1. The van der Waals surface area contributed by atoms with Gasteiger partial charge in [-0.15, -0.1) is 0 Å². The van der Waals surface area contributed by atoms with Crippen molar-refractivity contribution in [3.63, 3.8) is 0 Å². The molecule has 1 atom stereocenters. The van der Waals surface area contributed by atoms with Crippen LogP contribution in [-0.4, -0.2) is 73.2 Å². The molecule has 0 spiro atoms. The van der Waals surface area contributed by atoms with Gasteiger partial charge in [-0.3, -0.25) is 9.69 Å². The summed E-state index contributed by atoms with van der Waals surface area (Å²) in [6, 6.07) is 0.280. The van der Waals surface area contributed by atoms with Crippen LogP contribution in [0.25, 0.3) is 0 Å². The van der Waals surface area contributed by atoms with Crippen molar-refractivity contribution < 1.29 is 9.53 Å². The molecule has 5 nitrogen and oxygen atoms in total. The van der Waals surface area contributed by atoms with E-state index in [4.69, 9.17) is 4.74 Å². The van der Waals surface area contributed by atoms with Crippen LogP contribution in [0.5, 0.6) is 0 Å². The van der Waals surface area contributed by atoms with Crippen LogP contribution in [-0.2, 0) is 9.53 Å². The van der Waals surface area contributed by atoms with Gasteiger partial charge < -0.3 is 15.0 Å². The summed E-state index contributed by atoms with van der Waals surface area (Å²) in [6.45, 7) is 12.6. The molecule has 0 aromatic carbocycles. The quantitative estimate of drug-likeness (QED) is 0.700. The number of piperidine rings is 1. The largest absolute Gasteiger partial charge is 0.377 e. The number of likely N-dealkylation sites (tertiary alicyclic amines) is 2. The number of nitrogens with zero attached hydrogens (tertiary/aromatic N) is 2. The maximum atomic E-state index is 12.4. The Hall–Kier alpha value is -0.650. The highest BCUT2D eigenvalue weighted by Gasteiger charge is 2.27. The number of carbonyl (C=O) groups excluding carboxylic acids is 1. The molecular weight excluding hydrogens is 302 g/mol. The second-order valence-corrected chi connectivity index (χ2v) is 7.35. The number of ether oxygens (including phenoxy) is 1. The standard InChI is InChI=1S/C19H37N3O2/c1-4-17(5-2)20-19(23)16(3)22-12-8-18(9-13-22)24-15-14-21-10-6-7-11-21/h16-18H,4-15H2,1-3H3,(H,20,23)/t16-/m1/s1. The third-order valence-corrected chi connectivity index (χ3v) is 5.70. The number of hydrogen-bond acceptors (Lipinski definition) is 4. The van der Waals surface area contributed by atoms with E-state index >= 15 is 0 Å². The molecule has 0 saturated carbocycles. The third kappa shape index (κ3) is 6.01. The van der Waals surface area contributed by atoms with E-state index < -0.39 is 0 Å². The van der Waals surface area contributed by atoms with Crippen LogP contribution < -0.4 is 5.32 Å². The summed E-state index contributed by atoms with van der Waals surface area (Å²) in [5, 5.41) is 3.17. The van der Waals surface area contributed by atoms with Gasteiger partial charge in [0, 0.05) is 25.7 Å². The SMILES string of the molecule is CCC(CC)NC(=O)[C@@H](C)N1CCC(OCCN2CCCC2)CC1. The third-order valence-electron chi connectivity index (χ3n) is 5.70. The Morgan fingerprint density at radius 3 is 2.33 bits per heavy atom. The molecule has 0 bridgehead atoms. The van der Waals surface area contributed by atoms with Gasteiger partial charge in [-0.05, 0) is 58.5 Å². The van der Waals surface area contributed by atoms with Gasteiger partial charge >= 0.3 is 0 Å². The van der Waals surface area contributed by atoms with E-state index in [1.807, 2.05) is 6.92 Å².